The number of carbonyl (C=O) groups excluding carboxylic acids is 3. The number of halogens is 2. The zero-order valence-corrected chi connectivity index (χ0v) is 18.1. The number of anilines is 2. The van der Waals surface area contributed by atoms with Crippen LogP contribution in [0, 0.1) is 11.8 Å². The minimum Gasteiger partial charge on any atom is -0.323 e. The number of amides is 3. The highest BCUT2D eigenvalue weighted by molar-refractivity contribution is 9.10. The van der Waals surface area contributed by atoms with Crippen LogP contribution < -0.4 is 10.2 Å². The van der Waals surface area contributed by atoms with Crippen LogP contribution in [0.25, 0.3) is 0 Å². The van der Waals surface area contributed by atoms with E-state index >= 15 is 0 Å². The smallest absolute Gasteiger partial charge is 0.250 e. The van der Waals surface area contributed by atoms with Crippen LogP contribution in [-0.4, -0.2) is 35.2 Å². The number of para-hydroxylation sites is 2. The minimum atomic E-state index is -1.20. The van der Waals surface area contributed by atoms with Gasteiger partial charge in [0.25, 0.3) is 5.91 Å². The van der Waals surface area contributed by atoms with Gasteiger partial charge in [0.2, 0.25) is 11.8 Å². The molecular weight excluding hydrogens is 470 g/mol. The number of rotatable bonds is 1. The first kappa shape index (κ1) is 18.5. The average Bonchev–Trinajstić information content (AvgIpc) is 3.42. The summed E-state index contributed by atoms with van der Waals surface area (Å²) < 4.78 is 0.670. The Kier molecular flexibility index (Phi) is 3.80. The molecule has 4 aliphatic heterocycles. The highest BCUT2D eigenvalue weighted by Crippen LogP contribution is 2.61. The van der Waals surface area contributed by atoms with Gasteiger partial charge in [0.1, 0.15) is 5.54 Å². The summed E-state index contributed by atoms with van der Waals surface area (Å²) in [5.74, 6) is -2.15. The number of fused-ring (bicyclic) bond motifs is 7. The number of nitrogens with one attached hydrogen (secondary N) is 1. The van der Waals surface area contributed by atoms with Crippen molar-refractivity contribution in [2.75, 3.05) is 16.8 Å². The summed E-state index contributed by atoms with van der Waals surface area (Å²) in [7, 11) is 0. The van der Waals surface area contributed by atoms with Crippen molar-refractivity contribution in [3.63, 3.8) is 0 Å². The van der Waals surface area contributed by atoms with Gasteiger partial charge in [-0.25, -0.2) is 4.90 Å². The summed E-state index contributed by atoms with van der Waals surface area (Å²) in [6.45, 7) is 0.673. The maximum Gasteiger partial charge on any atom is 0.250 e. The molecule has 30 heavy (non-hydrogen) atoms. The minimum absolute atomic E-state index is 0.144. The zero-order chi connectivity index (χ0) is 20.8. The summed E-state index contributed by atoms with van der Waals surface area (Å²) in [4.78, 5) is 44.4. The fraction of sp³-hybridized carbons (Fsp3) is 0.318. The van der Waals surface area contributed by atoms with E-state index in [1.54, 1.807) is 30.3 Å². The number of benzene rings is 2. The zero-order valence-electron chi connectivity index (χ0n) is 15.8. The summed E-state index contributed by atoms with van der Waals surface area (Å²) >= 11 is 9.86. The monoisotopic (exact) mass is 485 g/mol. The molecule has 0 aromatic heterocycles. The third kappa shape index (κ3) is 2.01. The number of nitrogens with zero attached hydrogens (tertiary/aromatic N) is 2. The molecule has 1 spiro atoms. The van der Waals surface area contributed by atoms with Gasteiger partial charge in [0, 0.05) is 16.1 Å². The lowest BCUT2D eigenvalue weighted by molar-refractivity contribution is -0.135. The first-order valence-electron chi connectivity index (χ1n) is 9.97. The van der Waals surface area contributed by atoms with Gasteiger partial charge in [-0.15, -0.1) is 0 Å². The number of hydrogen-bond acceptors (Lipinski definition) is 4. The van der Waals surface area contributed by atoms with Crippen molar-refractivity contribution in [3.05, 3.63) is 57.5 Å². The van der Waals surface area contributed by atoms with Gasteiger partial charge in [-0.3, -0.25) is 19.3 Å². The fourth-order valence-electron chi connectivity index (χ4n) is 6.06. The van der Waals surface area contributed by atoms with Gasteiger partial charge >= 0.3 is 0 Å². The average molecular weight is 487 g/mol. The molecular formula is C22H17BrClN3O3. The molecule has 6 nitrogen and oxygen atoms in total. The van der Waals surface area contributed by atoms with Gasteiger partial charge < -0.3 is 5.32 Å². The molecule has 152 valence electrons. The Bertz CT molecular complexity index is 1150. The maximum atomic E-state index is 13.8. The normalized spacial score (nSPS) is 32.0. The van der Waals surface area contributed by atoms with Gasteiger partial charge in [-0.2, -0.15) is 0 Å². The molecule has 3 fully saturated rings. The second-order valence-corrected chi connectivity index (χ2v) is 9.51. The first-order chi connectivity index (χ1) is 14.5. The van der Waals surface area contributed by atoms with Gasteiger partial charge in [-0.1, -0.05) is 35.9 Å². The molecule has 1 N–H and O–H groups in total. The molecule has 2 aromatic rings. The SMILES string of the molecule is O=C1[C@@H]2[C@@H]3CCCN3[C@]3(C(=O)Nc4c(Cl)cccc43)[C@H]2C(=O)N1c1ccccc1Br. The highest BCUT2D eigenvalue weighted by atomic mass is 79.9. The van der Waals surface area contributed by atoms with E-state index in [-0.39, 0.29) is 23.8 Å². The lowest BCUT2D eigenvalue weighted by Crippen LogP contribution is -2.54. The number of hydrogen-bond donors (Lipinski definition) is 1. The lowest BCUT2D eigenvalue weighted by atomic mass is 9.75. The van der Waals surface area contributed by atoms with Crippen molar-refractivity contribution in [3.8, 4) is 0 Å². The second-order valence-electron chi connectivity index (χ2n) is 8.25. The van der Waals surface area contributed by atoms with Crippen molar-refractivity contribution < 1.29 is 14.4 Å². The molecule has 8 heteroatoms. The van der Waals surface area contributed by atoms with Gasteiger partial charge in [0.05, 0.1) is 28.2 Å². The summed E-state index contributed by atoms with van der Waals surface area (Å²) in [5.41, 5.74) is 0.574. The standard InChI is InChI=1S/C22H17BrClN3O3/c23-12-6-1-2-8-14(12)27-19(28)16-15-9-4-10-26(15)22(17(16)20(27)29)11-5-3-7-13(24)18(11)25-21(22)30/h1-3,5-8,15-17H,4,9-10H2,(H,25,30)/t15-,16+,17+,22-/m0/s1. The first-order valence-corrected chi connectivity index (χ1v) is 11.1. The van der Waals surface area contributed by atoms with E-state index in [9.17, 15) is 14.4 Å². The van der Waals surface area contributed by atoms with Crippen molar-refractivity contribution in [2.45, 2.75) is 24.4 Å². The predicted octanol–water partition coefficient (Wildman–Crippen LogP) is 3.53. The van der Waals surface area contributed by atoms with Gasteiger partial charge in [-0.05, 0) is 53.5 Å². The Morgan fingerprint density at radius 3 is 2.67 bits per heavy atom. The van der Waals surface area contributed by atoms with Crippen LogP contribution in [0.3, 0.4) is 0 Å². The van der Waals surface area contributed by atoms with Crippen LogP contribution in [0.4, 0.5) is 11.4 Å². The van der Waals surface area contributed by atoms with E-state index in [4.69, 9.17) is 11.6 Å². The molecule has 4 heterocycles. The molecule has 0 bridgehead atoms. The van der Waals surface area contributed by atoms with E-state index < -0.39 is 17.4 Å². The Balaban J connectivity index is 1.59. The largest absolute Gasteiger partial charge is 0.323 e. The second kappa shape index (κ2) is 6.15. The van der Waals surface area contributed by atoms with E-state index in [0.29, 0.717) is 33.0 Å². The summed E-state index contributed by atoms with van der Waals surface area (Å²) in [6, 6.07) is 12.4. The molecule has 0 saturated carbocycles. The molecule has 3 amide bonds. The van der Waals surface area contributed by atoms with E-state index in [1.807, 2.05) is 12.1 Å². The van der Waals surface area contributed by atoms with Crippen LogP contribution in [-0.2, 0) is 19.9 Å². The summed E-state index contributed by atoms with van der Waals surface area (Å²) in [5, 5.41) is 3.36. The molecule has 4 atom stereocenters. The Hall–Kier alpha value is -2.22. The van der Waals surface area contributed by atoms with Crippen molar-refractivity contribution in [1.82, 2.24) is 4.90 Å². The van der Waals surface area contributed by atoms with E-state index in [2.05, 4.69) is 26.1 Å². The number of carbonyl (C=O) groups is 3. The predicted molar refractivity (Wildman–Crippen MR) is 115 cm³/mol. The molecule has 4 aliphatic rings. The van der Waals surface area contributed by atoms with Crippen LogP contribution in [0.2, 0.25) is 5.02 Å². The molecule has 0 unspecified atom stereocenters. The van der Waals surface area contributed by atoms with E-state index in [0.717, 1.165) is 12.8 Å². The molecule has 0 radical (unpaired) electrons. The van der Waals surface area contributed by atoms with Crippen molar-refractivity contribution >= 4 is 56.6 Å². The van der Waals surface area contributed by atoms with Crippen molar-refractivity contribution in [2.24, 2.45) is 11.8 Å². The lowest BCUT2D eigenvalue weighted by Gasteiger charge is -2.36. The Morgan fingerprint density at radius 2 is 1.87 bits per heavy atom. The fourth-order valence-corrected chi connectivity index (χ4v) is 6.75. The topological polar surface area (TPSA) is 69.7 Å². The van der Waals surface area contributed by atoms with Crippen LogP contribution >= 0.6 is 27.5 Å². The van der Waals surface area contributed by atoms with Gasteiger partial charge in [0.15, 0.2) is 0 Å². The maximum absolute atomic E-state index is 13.8. The highest BCUT2D eigenvalue weighted by Gasteiger charge is 2.74. The molecule has 2 aromatic carbocycles. The third-order valence-electron chi connectivity index (χ3n) is 7.07. The Labute approximate surface area is 186 Å². The van der Waals surface area contributed by atoms with E-state index in [1.165, 1.54) is 4.90 Å². The third-order valence-corrected chi connectivity index (χ3v) is 8.06. The van der Waals surface area contributed by atoms with Crippen LogP contribution in [0.15, 0.2) is 46.9 Å². The quantitative estimate of drug-likeness (QED) is 0.626. The molecule has 3 saturated heterocycles. The summed E-state index contributed by atoms with van der Waals surface area (Å²) in [6.07, 6.45) is 1.67. The van der Waals surface area contributed by atoms with Crippen LogP contribution in [0.1, 0.15) is 18.4 Å². The Morgan fingerprint density at radius 1 is 1.07 bits per heavy atom. The molecule has 6 rings (SSSR count). The van der Waals surface area contributed by atoms with Crippen LogP contribution in [0.5, 0.6) is 0 Å². The number of imide groups is 1. The molecule has 0 aliphatic carbocycles. The van der Waals surface area contributed by atoms with Crippen molar-refractivity contribution in [1.29, 1.82) is 0 Å².